The quantitative estimate of drug-likeness (QED) is 0.483. The van der Waals surface area contributed by atoms with E-state index in [1.165, 1.54) is 5.56 Å². The summed E-state index contributed by atoms with van der Waals surface area (Å²) in [6.45, 7) is 2.00. The van der Waals surface area contributed by atoms with Crippen LogP contribution in [-0.2, 0) is 0 Å². The first-order valence-corrected chi connectivity index (χ1v) is 2.87. The van der Waals surface area contributed by atoms with Gasteiger partial charge in [0.15, 0.2) is 0 Å². The van der Waals surface area contributed by atoms with Gasteiger partial charge in [0.05, 0.1) is 0 Å². The Morgan fingerprint density at radius 1 is 1.33 bits per heavy atom. The van der Waals surface area contributed by atoms with Gasteiger partial charge in [0.1, 0.15) is 5.69 Å². The lowest BCUT2D eigenvalue weighted by atomic mass is 10.2. The summed E-state index contributed by atoms with van der Waals surface area (Å²) < 4.78 is 0. The lowest BCUT2D eigenvalue weighted by molar-refractivity contribution is -0.254. The number of quaternary nitrogens is 1. The lowest BCUT2D eigenvalue weighted by Gasteiger charge is -1.94. The Morgan fingerprint density at radius 2 is 2.00 bits per heavy atom. The maximum Gasteiger partial charge on any atom is 0.130 e. The molecule has 0 fully saturated rings. The Bertz CT molecular complexity index is 168. The molecule has 0 saturated heterocycles. The van der Waals surface area contributed by atoms with Gasteiger partial charge in [-0.15, -0.1) is 0 Å². The first-order chi connectivity index (χ1) is 4.18. The van der Waals surface area contributed by atoms with Crippen molar-refractivity contribution in [1.29, 1.82) is 0 Å². The maximum atomic E-state index is 5.52. The molecule has 9 heavy (non-hydrogen) atoms. The molecule has 0 radical (unpaired) electrons. The van der Waals surface area contributed by atoms with Crippen LogP contribution in [0.2, 0.25) is 0 Å². The summed E-state index contributed by atoms with van der Waals surface area (Å²) in [4.78, 5) is 0. The molecule has 0 atom stereocenters. The van der Waals surface area contributed by atoms with Gasteiger partial charge in [0.25, 0.3) is 0 Å². The first-order valence-electron chi connectivity index (χ1n) is 2.87. The van der Waals surface area contributed by atoms with E-state index >= 15 is 0 Å². The van der Waals surface area contributed by atoms with E-state index in [0.717, 1.165) is 11.4 Å². The number of nitrogens with two attached hydrogens (primary N) is 1. The number of nitrogen functional groups attached to an aromatic ring is 1. The molecule has 5 N–H and O–H groups in total. The van der Waals surface area contributed by atoms with E-state index in [0.29, 0.717) is 0 Å². The van der Waals surface area contributed by atoms with Crippen LogP contribution in [0.15, 0.2) is 18.2 Å². The van der Waals surface area contributed by atoms with Crippen molar-refractivity contribution in [2.24, 2.45) is 0 Å². The van der Waals surface area contributed by atoms with Crippen molar-refractivity contribution >= 4 is 11.4 Å². The highest BCUT2D eigenvalue weighted by atomic mass is 14.6. The lowest BCUT2D eigenvalue weighted by Crippen LogP contribution is -2.40. The van der Waals surface area contributed by atoms with E-state index in [9.17, 15) is 0 Å². The molecule has 1 aromatic rings. The summed E-state index contributed by atoms with van der Waals surface area (Å²) in [5, 5.41) is 0. The fourth-order valence-corrected chi connectivity index (χ4v) is 0.894. The minimum atomic E-state index is 0.792. The predicted molar refractivity (Wildman–Crippen MR) is 38.1 cm³/mol. The molecule has 2 heteroatoms. The Balaban J connectivity index is 3.17. The molecule has 2 nitrogen and oxygen atoms in total. The van der Waals surface area contributed by atoms with E-state index in [1.54, 1.807) is 0 Å². The number of aryl methyl sites for hydroxylation is 1. The van der Waals surface area contributed by atoms with Crippen molar-refractivity contribution in [2.45, 2.75) is 6.92 Å². The number of rotatable bonds is 0. The molecule has 0 saturated carbocycles. The molecule has 0 aliphatic rings. The smallest absolute Gasteiger partial charge is 0.130 e. The molecule has 0 unspecified atom stereocenters. The number of hydrogen-bond acceptors (Lipinski definition) is 1. The maximum absolute atomic E-state index is 5.52. The van der Waals surface area contributed by atoms with Crippen LogP contribution in [0, 0.1) is 6.92 Å². The molecule has 0 bridgehead atoms. The molecule has 0 heterocycles. The van der Waals surface area contributed by atoms with Crippen molar-refractivity contribution in [1.82, 2.24) is 0 Å². The molecule has 0 aromatic heterocycles. The highest BCUT2D eigenvalue weighted by molar-refractivity contribution is 5.49. The van der Waals surface area contributed by atoms with Crippen molar-refractivity contribution in [3.05, 3.63) is 23.8 Å². The number of hydrogen-bond donors (Lipinski definition) is 2. The van der Waals surface area contributed by atoms with E-state index in [2.05, 4.69) is 5.73 Å². The molecular formula is C7H11N2+. The van der Waals surface area contributed by atoms with E-state index < -0.39 is 0 Å². The van der Waals surface area contributed by atoms with Gasteiger partial charge in [0.2, 0.25) is 0 Å². The Morgan fingerprint density at radius 3 is 2.44 bits per heavy atom. The van der Waals surface area contributed by atoms with Crippen LogP contribution in [0.5, 0.6) is 0 Å². The average molecular weight is 123 g/mol. The predicted octanol–water partition coefficient (Wildman–Crippen LogP) is 0.451. The molecule has 1 aromatic carbocycles. The van der Waals surface area contributed by atoms with Gasteiger partial charge in [0, 0.05) is 17.8 Å². The molecule has 0 amide bonds. The standard InChI is InChI=1S/C7H10N2/c1-5-2-6(8)4-7(9)3-5/h2-4H,8-9H2,1H3/p+1. The van der Waals surface area contributed by atoms with Gasteiger partial charge in [-0.3, -0.25) is 0 Å². The van der Waals surface area contributed by atoms with Gasteiger partial charge in [-0.05, 0) is 18.6 Å². The number of benzene rings is 1. The van der Waals surface area contributed by atoms with Gasteiger partial charge in [-0.2, -0.15) is 0 Å². The van der Waals surface area contributed by atoms with Crippen LogP contribution in [-0.4, -0.2) is 0 Å². The van der Waals surface area contributed by atoms with Crippen LogP contribution in [0.4, 0.5) is 11.4 Å². The molecule has 0 aliphatic heterocycles. The highest BCUT2D eigenvalue weighted by Crippen LogP contribution is 2.10. The van der Waals surface area contributed by atoms with Crippen LogP contribution >= 0.6 is 0 Å². The van der Waals surface area contributed by atoms with Gasteiger partial charge in [-0.1, -0.05) is 0 Å². The van der Waals surface area contributed by atoms with Gasteiger partial charge in [-0.25, -0.2) is 0 Å². The second-order valence-electron chi connectivity index (χ2n) is 2.25. The third-order valence-electron chi connectivity index (χ3n) is 1.16. The SMILES string of the molecule is Cc1cc(N)cc([NH3+])c1. The number of anilines is 1. The minimum absolute atomic E-state index is 0.792. The van der Waals surface area contributed by atoms with E-state index in [-0.39, 0.29) is 0 Å². The fraction of sp³-hybridized carbons (Fsp3) is 0.143. The normalized spacial score (nSPS) is 9.56. The van der Waals surface area contributed by atoms with Crippen LogP contribution in [0.1, 0.15) is 5.56 Å². The Hall–Kier alpha value is -1.02. The molecule has 0 aliphatic carbocycles. The summed E-state index contributed by atoms with van der Waals surface area (Å²) >= 11 is 0. The monoisotopic (exact) mass is 123 g/mol. The molecule has 48 valence electrons. The third kappa shape index (κ3) is 1.44. The van der Waals surface area contributed by atoms with Gasteiger partial charge >= 0.3 is 0 Å². The zero-order valence-corrected chi connectivity index (χ0v) is 5.52. The zero-order valence-electron chi connectivity index (χ0n) is 5.52. The largest absolute Gasteiger partial charge is 0.399 e. The average Bonchev–Trinajstić information content (AvgIpc) is 1.59. The van der Waals surface area contributed by atoms with Crippen molar-refractivity contribution in [3.8, 4) is 0 Å². The summed E-state index contributed by atoms with van der Waals surface area (Å²) in [5.74, 6) is 0. The topological polar surface area (TPSA) is 53.7 Å². The Labute approximate surface area is 54.5 Å². The van der Waals surface area contributed by atoms with Crippen molar-refractivity contribution in [2.75, 3.05) is 5.73 Å². The van der Waals surface area contributed by atoms with E-state index in [4.69, 9.17) is 5.73 Å². The molecular weight excluding hydrogens is 112 g/mol. The molecule has 0 spiro atoms. The van der Waals surface area contributed by atoms with E-state index in [1.807, 2.05) is 25.1 Å². The summed E-state index contributed by atoms with van der Waals surface area (Å²) in [7, 11) is 0. The van der Waals surface area contributed by atoms with Crippen LogP contribution < -0.4 is 11.5 Å². The van der Waals surface area contributed by atoms with Crippen molar-refractivity contribution in [3.63, 3.8) is 0 Å². The molecule has 1 rings (SSSR count). The van der Waals surface area contributed by atoms with Gasteiger partial charge < -0.3 is 11.5 Å². The summed E-state index contributed by atoms with van der Waals surface area (Å²) in [6.07, 6.45) is 0. The van der Waals surface area contributed by atoms with Crippen LogP contribution in [0.25, 0.3) is 0 Å². The zero-order chi connectivity index (χ0) is 6.85. The summed E-state index contributed by atoms with van der Waals surface area (Å²) in [5.41, 5.74) is 12.2. The summed E-state index contributed by atoms with van der Waals surface area (Å²) in [6, 6.07) is 5.78. The second-order valence-corrected chi connectivity index (χ2v) is 2.25. The first kappa shape index (κ1) is 6.11. The third-order valence-corrected chi connectivity index (χ3v) is 1.16. The second kappa shape index (κ2) is 2.07. The minimum Gasteiger partial charge on any atom is -0.399 e. The van der Waals surface area contributed by atoms with Crippen molar-refractivity contribution < 1.29 is 5.73 Å². The Kier molecular flexibility index (Phi) is 1.40. The highest BCUT2D eigenvalue weighted by Gasteiger charge is 1.91. The fourth-order valence-electron chi connectivity index (χ4n) is 0.894. The van der Waals surface area contributed by atoms with Crippen LogP contribution in [0.3, 0.4) is 0 Å².